The summed E-state index contributed by atoms with van der Waals surface area (Å²) in [7, 11) is 0. The van der Waals surface area contributed by atoms with Crippen molar-refractivity contribution in [3.05, 3.63) is 94.8 Å². The van der Waals surface area contributed by atoms with Crippen LogP contribution in [0.2, 0.25) is 0 Å². The standard InChI is InChI=1S/C23H20N4O2/c28-22(16-27-23(29)20-8-4-5-9-21(20)25-26-27)24-15-14-17-10-12-19(13-11-17)18-6-2-1-3-7-18/h1-13H,14-16H2,(H,24,28). The molecule has 1 heterocycles. The van der Waals surface area contributed by atoms with Crippen LogP contribution >= 0.6 is 0 Å². The molecule has 0 radical (unpaired) electrons. The van der Waals surface area contributed by atoms with Gasteiger partial charge in [0.25, 0.3) is 5.56 Å². The second-order valence-corrected chi connectivity index (χ2v) is 6.73. The van der Waals surface area contributed by atoms with E-state index in [9.17, 15) is 9.59 Å². The van der Waals surface area contributed by atoms with Crippen molar-refractivity contribution in [2.75, 3.05) is 6.54 Å². The van der Waals surface area contributed by atoms with E-state index in [1.54, 1.807) is 24.3 Å². The van der Waals surface area contributed by atoms with Gasteiger partial charge in [-0.15, -0.1) is 5.10 Å². The number of benzene rings is 3. The number of rotatable bonds is 6. The van der Waals surface area contributed by atoms with E-state index < -0.39 is 0 Å². The summed E-state index contributed by atoms with van der Waals surface area (Å²) in [6.45, 7) is 0.336. The van der Waals surface area contributed by atoms with Crippen LogP contribution in [0, 0.1) is 0 Å². The molecule has 0 spiro atoms. The first-order valence-electron chi connectivity index (χ1n) is 9.44. The van der Waals surface area contributed by atoms with Gasteiger partial charge in [0.2, 0.25) is 5.91 Å². The van der Waals surface area contributed by atoms with Crippen molar-refractivity contribution in [2.24, 2.45) is 0 Å². The monoisotopic (exact) mass is 384 g/mol. The maximum atomic E-state index is 12.4. The summed E-state index contributed by atoms with van der Waals surface area (Å²) in [6, 6.07) is 25.4. The lowest BCUT2D eigenvalue weighted by Gasteiger charge is -2.08. The van der Waals surface area contributed by atoms with Gasteiger partial charge in [0.05, 0.1) is 5.39 Å². The third kappa shape index (κ3) is 4.38. The summed E-state index contributed by atoms with van der Waals surface area (Å²) < 4.78 is 1.09. The van der Waals surface area contributed by atoms with Gasteiger partial charge in [-0.05, 0) is 35.2 Å². The molecule has 3 aromatic carbocycles. The van der Waals surface area contributed by atoms with Crippen LogP contribution in [0.25, 0.3) is 22.0 Å². The lowest BCUT2D eigenvalue weighted by atomic mass is 10.0. The van der Waals surface area contributed by atoms with Crippen molar-refractivity contribution in [1.82, 2.24) is 20.3 Å². The molecule has 29 heavy (non-hydrogen) atoms. The van der Waals surface area contributed by atoms with E-state index in [4.69, 9.17) is 0 Å². The molecule has 0 aliphatic carbocycles. The number of nitrogens with one attached hydrogen (secondary N) is 1. The van der Waals surface area contributed by atoms with Crippen molar-refractivity contribution >= 4 is 16.8 Å². The fourth-order valence-electron chi connectivity index (χ4n) is 3.16. The molecule has 0 aliphatic rings. The van der Waals surface area contributed by atoms with Crippen LogP contribution in [0.1, 0.15) is 5.56 Å². The van der Waals surface area contributed by atoms with Gasteiger partial charge in [-0.2, -0.15) is 0 Å². The molecule has 1 amide bonds. The zero-order chi connectivity index (χ0) is 20.1. The van der Waals surface area contributed by atoms with Crippen molar-refractivity contribution in [3.63, 3.8) is 0 Å². The van der Waals surface area contributed by atoms with Gasteiger partial charge in [0.1, 0.15) is 12.1 Å². The molecule has 6 heteroatoms. The second-order valence-electron chi connectivity index (χ2n) is 6.73. The van der Waals surface area contributed by atoms with Crippen molar-refractivity contribution in [2.45, 2.75) is 13.0 Å². The quantitative estimate of drug-likeness (QED) is 0.555. The molecule has 0 aliphatic heterocycles. The molecule has 0 fully saturated rings. The number of nitrogens with zero attached hydrogens (tertiary/aromatic N) is 3. The van der Waals surface area contributed by atoms with E-state index in [0.29, 0.717) is 23.9 Å². The van der Waals surface area contributed by atoms with Crippen molar-refractivity contribution < 1.29 is 4.79 Å². The minimum atomic E-state index is -0.317. The Morgan fingerprint density at radius 1 is 0.862 bits per heavy atom. The molecule has 4 rings (SSSR count). The smallest absolute Gasteiger partial charge is 0.278 e. The lowest BCUT2D eigenvalue weighted by molar-refractivity contribution is -0.121. The highest BCUT2D eigenvalue weighted by molar-refractivity contribution is 5.78. The second kappa shape index (κ2) is 8.48. The molecule has 0 atom stereocenters. The zero-order valence-corrected chi connectivity index (χ0v) is 15.8. The highest BCUT2D eigenvalue weighted by atomic mass is 16.2. The van der Waals surface area contributed by atoms with Gasteiger partial charge in [-0.25, -0.2) is 4.68 Å². The van der Waals surface area contributed by atoms with Crippen LogP contribution in [0.3, 0.4) is 0 Å². The Morgan fingerprint density at radius 3 is 2.34 bits per heavy atom. The number of carbonyl (C=O) groups excluding carboxylic acids is 1. The van der Waals surface area contributed by atoms with Crippen molar-refractivity contribution in [3.8, 4) is 11.1 Å². The largest absolute Gasteiger partial charge is 0.354 e. The van der Waals surface area contributed by atoms with Gasteiger partial charge in [-0.3, -0.25) is 9.59 Å². The van der Waals surface area contributed by atoms with Crippen LogP contribution in [0.4, 0.5) is 0 Å². The molecule has 0 saturated carbocycles. The van der Waals surface area contributed by atoms with Gasteiger partial charge in [-0.1, -0.05) is 71.9 Å². The number of aromatic nitrogens is 3. The molecule has 6 nitrogen and oxygen atoms in total. The van der Waals surface area contributed by atoms with E-state index in [1.807, 2.05) is 18.2 Å². The fraction of sp³-hybridized carbons (Fsp3) is 0.130. The van der Waals surface area contributed by atoms with E-state index in [1.165, 1.54) is 5.56 Å². The normalized spacial score (nSPS) is 10.8. The average molecular weight is 384 g/mol. The van der Waals surface area contributed by atoms with Crippen LogP contribution < -0.4 is 10.9 Å². The van der Waals surface area contributed by atoms with E-state index in [0.717, 1.165) is 15.8 Å². The minimum Gasteiger partial charge on any atom is -0.354 e. The maximum absolute atomic E-state index is 12.4. The molecular formula is C23H20N4O2. The van der Waals surface area contributed by atoms with E-state index in [-0.39, 0.29) is 18.0 Å². The summed E-state index contributed by atoms with van der Waals surface area (Å²) in [4.78, 5) is 24.6. The topological polar surface area (TPSA) is 76.9 Å². The van der Waals surface area contributed by atoms with E-state index >= 15 is 0 Å². The molecule has 1 N–H and O–H groups in total. The minimum absolute atomic E-state index is 0.149. The molecular weight excluding hydrogens is 364 g/mol. The fourth-order valence-corrected chi connectivity index (χ4v) is 3.16. The number of fused-ring (bicyclic) bond motifs is 1. The molecule has 4 aromatic rings. The number of carbonyl (C=O) groups is 1. The summed E-state index contributed by atoms with van der Waals surface area (Å²) in [5, 5.41) is 11.1. The van der Waals surface area contributed by atoms with Gasteiger partial charge < -0.3 is 5.32 Å². The Morgan fingerprint density at radius 2 is 1.55 bits per heavy atom. The highest BCUT2D eigenvalue weighted by Gasteiger charge is 2.09. The van der Waals surface area contributed by atoms with Crippen LogP contribution in [0.5, 0.6) is 0 Å². The predicted octanol–water partition coefficient (Wildman–Crippen LogP) is 2.82. The molecule has 0 bridgehead atoms. The lowest BCUT2D eigenvalue weighted by Crippen LogP contribution is -2.35. The van der Waals surface area contributed by atoms with Crippen molar-refractivity contribution in [1.29, 1.82) is 0 Å². The Balaban J connectivity index is 1.32. The molecule has 1 aromatic heterocycles. The Hall–Kier alpha value is -3.80. The summed E-state index contributed by atoms with van der Waals surface area (Å²) >= 11 is 0. The summed E-state index contributed by atoms with van der Waals surface area (Å²) in [5.41, 5.74) is 3.67. The third-order valence-corrected chi connectivity index (χ3v) is 4.72. The summed E-state index contributed by atoms with van der Waals surface area (Å²) in [5.74, 6) is -0.266. The first-order valence-corrected chi connectivity index (χ1v) is 9.44. The third-order valence-electron chi connectivity index (χ3n) is 4.72. The molecule has 0 saturated heterocycles. The zero-order valence-electron chi connectivity index (χ0n) is 15.8. The number of hydrogen-bond acceptors (Lipinski definition) is 4. The van der Waals surface area contributed by atoms with Crippen LogP contribution in [-0.4, -0.2) is 27.4 Å². The Bertz CT molecular complexity index is 1180. The van der Waals surface area contributed by atoms with Crippen LogP contribution in [0.15, 0.2) is 83.7 Å². The predicted molar refractivity (Wildman–Crippen MR) is 112 cm³/mol. The maximum Gasteiger partial charge on any atom is 0.278 e. The van der Waals surface area contributed by atoms with Crippen LogP contribution in [-0.2, 0) is 17.8 Å². The Kier molecular flexibility index (Phi) is 5.42. The first kappa shape index (κ1) is 18.6. The highest BCUT2D eigenvalue weighted by Crippen LogP contribution is 2.19. The number of hydrogen-bond donors (Lipinski definition) is 1. The number of amides is 1. The summed E-state index contributed by atoms with van der Waals surface area (Å²) in [6.07, 6.45) is 0.707. The Labute approximate surface area is 167 Å². The SMILES string of the molecule is O=C(Cn1nnc2ccccc2c1=O)NCCc1ccc(-c2ccccc2)cc1. The average Bonchev–Trinajstić information content (AvgIpc) is 2.77. The van der Waals surface area contributed by atoms with Gasteiger partial charge >= 0.3 is 0 Å². The van der Waals surface area contributed by atoms with Gasteiger partial charge in [0, 0.05) is 6.54 Å². The van der Waals surface area contributed by atoms with E-state index in [2.05, 4.69) is 52.0 Å². The van der Waals surface area contributed by atoms with Gasteiger partial charge in [0.15, 0.2) is 0 Å². The molecule has 0 unspecified atom stereocenters. The first-order chi connectivity index (χ1) is 14.2. The molecule has 144 valence electrons.